The highest BCUT2D eigenvalue weighted by Crippen LogP contribution is 1.77. The van der Waals surface area contributed by atoms with Gasteiger partial charge < -0.3 is 4.98 Å². The van der Waals surface area contributed by atoms with E-state index in [0.717, 1.165) is 10.8 Å². The minimum Gasteiger partial charge on any atom is -0.313 e. The molecular formula is C8H11N3O2. The maximum absolute atomic E-state index is 10.9. The molecule has 0 unspecified atom stereocenters. The zero-order valence-electron chi connectivity index (χ0n) is 7.79. The molecular weight excluding hydrogens is 170 g/mol. The molecule has 0 aromatic carbocycles. The van der Waals surface area contributed by atoms with Gasteiger partial charge in [0.15, 0.2) is 0 Å². The van der Waals surface area contributed by atoms with Crippen molar-refractivity contribution in [1.82, 2.24) is 9.55 Å². The minimum atomic E-state index is -0.573. The van der Waals surface area contributed by atoms with E-state index in [4.69, 9.17) is 5.26 Å². The van der Waals surface area contributed by atoms with Crippen LogP contribution in [0.1, 0.15) is 19.4 Å². The van der Waals surface area contributed by atoms with Crippen LogP contribution in [0.2, 0.25) is 0 Å². The normalized spacial score (nSPS) is 8.15. The van der Waals surface area contributed by atoms with Crippen molar-refractivity contribution >= 4 is 0 Å². The lowest BCUT2D eigenvalue weighted by Crippen LogP contribution is -2.33. The molecule has 0 fully saturated rings. The highest BCUT2D eigenvalue weighted by molar-refractivity contribution is 5.21. The lowest BCUT2D eigenvalue weighted by atomic mass is 10.4. The van der Waals surface area contributed by atoms with E-state index in [9.17, 15) is 9.59 Å². The van der Waals surface area contributed by atoms with Gasteiger partial charge in [-0.05, 0) is 0 Å². The Balaban J connectivity index is 0.000000671. The Morgan fingerprint density at radius 2 is 2.00 bits per heavy atom. The van der Waals surface area contributed by atoms with Gasteiger partial charge in [0, 0.05) is 13.2 Å². The standard InChI is InChI=1S/C6H5N3O2.C2H6/c1-9-5(10)4(2-7)3-8-6(9)11;1-2/h3H,1H3,(H,8,11);1-2H3. The molecule has 0 amide bonds. The largest absolute Gasteiger partial charge is 0.328 e. The molecule has 0 atom stereocenters. The SMILES string of the molecule is CC.Cn1c(=O)[nH]cc(C#N)c1=O. The van der Waals surface area contributed by atoms with Crippen molar-refractivity contribution in [3.8, 4) is 6.07 Å². The Kier molecular flexibility index (Phi) is 4.24. The highest BCUT2D eigenvalue weighted by atomic mass is 16.2. The number of hydrogen-bond acceptors (Lipinski definition) is 3. The van der Waals surface area contributed by atoms with Gasteiger partial charge in [-0.1, -0.05) is 13.8 Å². The van der Waals surface area contributed by atoms with Gasteiger partial charge in [-0.2, -0.15) is 5.26 Å². The minimum absolute atomic E-state index is 0.0629. The van der Waals surface area contributed by atoms with E-state index in [0.29, 0.717) is 0 Å². The summed E-state index contributed by atoms with van der Waals surface area (Å²) in [6.07, 6.45) is 1.10. The first-order valence-electron chi connectivity index (χ1n) is 3.85. The van der Waals surface area contributed by atoms with Crippen LogP contribution in [0, 0.1) is 11.3 Å². The molecule has 0 saturated heterocycles. The third-order valence-electron chi connectivity index (χ3n) is 1.30. The number of hydrogen-bond donors (Lipinski definition) is 1. The van der Waals surface area contributed by atoms with E-state index in [-0.39, 0.29) is 5.56 Å². The van der Waals surface area contributed by atoms with Gasteiger partial charge in [0.1, 0.15) is 11.6 Å². The molecule has 5 heteroatoms. The summed E-state index contributed by atoms with van der Waals surface area (Å²) in [5, 5.41) is 8.35. The second-order valence-electron chi connectivity index (χ2n) is 1.98. The zero-order valence-corrected chi connectivity index (χ0v) is 7.79. The molecule has 0 radical (unpaired) electrons. The fourth-order valence-electron chi connectivity index (χ4n) is 0.645. The van der Waals surface area contributed by atoms with E-state index in [1.807, 2.05) is 13.8 Å². The molecule has 0 aliphatic rings. The molecule has 0 saturated carbocycles. The van der Waals surface area contributed by atoms with Crippen molar-refractivity contribution in [2.75, 3.05) is 0 Å². The molecule has 1 aromatic heterocycles. The van der Waals surface area contributed by atoms with Crippen LogP contribution in [0.3, 0.4) is 0 Å². The molecule has 1 aromatic rings. The van der Waals surface area contributed by atoms with E-state index >= 15 is 0 Å². The summed E-state index contributed by atoms with van der Waals surface area (Å²) in [4.78, 5) is 23.9. The first kappa shape index (κ1) is 11.2. The smallest absolute Gasteiger partial charge is 0.313 e. The molecule has 0 aliphatic heterocycles. The van der Waals surface area contributed by atoms with Crippen molar-refractivity contribution in [3.05, 3.63) is 32.6 Å². The number of nitriles is 1. The Hall–Kier alpha value is -1.83. The van der Waals surface area contributed by atoms with Crippen LogP contribution in [0.4, 0.5) is 0 Å². The van der Waals surface area contributed by atoms with E-state index in [1.54, 1.807) is 6.07 Å². The van der Waals surface area contributed by atoms with Crippen molar-refractivity contribution in [1.29, 1.82) is 5.26 Å². The van der Waals surface area contributed by atoms with E-state index < -0.39 is 11.2 Å². The topological polar surface area (TPSA) is 78.7 Å². The van der Waals surface area contributed by atoms with E-state index in [1.165, 1.54) is 7.05 Å². The van der Waals surface area contributed by atoms with Crippen molar-refractivity contribution < 1.29 is 0 Å². The molecule has 0 spiro atoms. The van der Waals surface area contributed by atoms with E-state index in [2.05, 4.69) is 4.98 Å². The summed E-state index contributed by atoms with van der Waals surface area (Å²) in [7, 11) is 1.31. The highest BCUT2D eigenvalue weighted by Gasteiger charge is 2.00. The second kappa shape index (κ2) is 4.93. The van der Waals surface area contributed by atoms with Crippen LogP contribution in [0.15, 0.2) is 15.8 Å². The molecule has 1 heterocycles. The maximum atomic E-state index is 10.9. The van der Waals surface area contributed by atoms with Gasteiger partial charge in [-0.3, -0.25) is 9.36 Å². The van der Waals surface area contributed by atoms with Gasteiger partial charge in [0.05, 0.1) is 0 Å². The van der Waals surface area contributed by atoms with Crippen molar-refractivity contribution in [2.24, 2.45) is 7.05 Å². The summed E-state index contributed by atoms with van der Waals surface area (Å²) < 4.78 is 0.846. The van der Waals surface area contributed by atoms with Gasteiger partial charge in [-0.25, -0.2) is 4.79 Å². The lowest BCUT2D eigenvalue weighted by Gasteiger charge is -1.92. The predicted molar refractivity (Wildman–Crippen MR) is 48.4 cm³/mol. The average molecular weight is 181 g/mol. The molecule has 5 nitrogen and oxygen atoms in total. The Morgan fingerprint density at radius 1 is 1.46 bits per heavy atom. The first-order valence-corrected chi connectivity index (χ1v) is 3.85. The Labute approximate surface area is 75.3 Å². The summed E-state index contributed by atoms with van der Waals surface area (Å²) in [5.74, 6) is 0. The van der Waals surface area contributed by atoms with Gasteiger partial charge in [-0.15, -0.1) is 0 Å². The molecule has 0 aliphatic carbocycles. The zero-order chi connectivity index (χ0) is 10.4. The number of rotatable bonds is 0. The number of nitrogens with zero attached hydrogens (tertiary/aromatic N) is 2. The van der Waals surface area contributed by atoms with Crippen LogP contribution in [-0.2, 0) is 7.05 Å². The van der Waals surface area contributed by atoms with Crippen LogP contribution in [-0.4, -0.2) is 9.55 Å². The Morgan fingerprint density at radius 3 is 2.46 bits per heavy atom. The van der Waals surface area contributed by atoms with Crippen molar-refractivity contribution in [2.45, 2.75) is 13.8 Å². The summed E-state index contributed by atoms with van der Waals surface area (Å²) in [6.45, 7) is 4.00. The number of aromatic amines is 1. The van der Waals surface area contributed by atoms with Crippen LogP contribution < -0.4 is 11.2 Å². The van der Waals surface area contributed by atoms with Gasteiger partial charge in [0.2, 0.25) is 0 Å². The molecule has 1 rings (SSSR count). The number of nitrogens with one attached hydrogen (secondary N) is 1. The van der Waals surface area contributed by atoms with Gasteiger partial charge >= 0.3 is 5.69 Å². The fraction of sp³-hybridized carbons (Fsp3) is 0.375. The summed E-state index contributed by atoms with van der Waals surface area (Å²) in [6, 6.07) is 1.66. The number of aromatic nitrogens is 2. The second-order valence-corrected chi connectivity index (χ2v) is 1.98. The summed E-state index contributed by atoms with van der Waals surface area (Å²) in [5.41, 5.74) is -1.16. The Bertz CT molecular complexity index is 422. The molecule has 0 bridgehead atoms. The van der Waals surface area contributed by atoms with Gasteiger partial charge in [0.25, 0.3) is 5.56 Å². The first-order chi connectivity index (χ1) is 6.16. The summed E-state index contributed by atoms with van der Waals surface area (Å²) >= 11 is 0. The third kappa shape index (κ3) is 2.30. The van der Waals surface area contributed by atoms with Crippen LogP contribution in [0.5, 0.6) is 0 Å². The average Bonchev–Trinajstić information content (AvgIpc) is 2.18. The predicted octanol–water partition coefficient (Wildman–Crippen LogP) is -0.0285. The quantitative estimate of drug-likeness (QED) is 0.610. The fourth-order valence-corrected chi connectivity index (χ4v) is 0.645. The number of H-pyrrole nitrogens is 1. The van der Waals surface area contributed by atoms with Crippen LogP contribution >= 0.6 is 0 Å². The molecule has 1 N–H and O–H groups in total. The monoisotopic (exact) mass is 181 g/mol. The van der Waals surface area contributed by atoms with Crippen molar-refractivity contribution in [3.63, 3.8) is 0 Å². The van der Waals surface area contributed by atoms with Crippen LogP contribution in [0.25, 0.3) is 0 Å². The molecule has 70 valence electrons. The lowest BCUT2D eigenvalue weighted by molar-refractivity contribution is 0.771. The third-order valence-corrected chi connectivity index (χ3v) is 1.30. The molecule has 13 heavy (non-hydrogen) atoms. The maximum Gasteiger partial charge on any atom is 0.328 e.